The van der Waals surface area contributed by atoms with E-state index in [4.69, 9.17) is 0 Å². The third kappa shape index (κ3) is 2.89. The van der Waals surface area contributed by atoms with Crippen molar-refractivity contribution in [2.75, 3.05) is 0 Å². The van der Waals surface area contributed by atoms with E-state index in [1.54, 1.807) is 24.3 Å². The molecule has 1 aliphatic rings. The zero-order chi connectivity index (χ0) is 13.3. The van der Waals surface area contributed by atoms with Crippen molar-refractivity contribution in [2.45, 2.75) is 37.3 Å². The van der Waals surface area contributed by atoms with Crippen LogP contribution in [-0.2, 0) is 10.1 Å². The molecular formula is C12H17NO4S. The molecule has 0 aromatic heterocycles. The minimum absolute atomic E-state index is 0.460. The van der Waals surface area contributed by atoms with Crippen LogP contribution in [0, 0.1) is 6.92 Å². The van der Waals surface area contributed by atoms with Gasteiger partial charge in [-0.05, 0) is 25.3 Å². The summed E-state index contributed by atoms with van der Waals surface area (Å²) in [6, 6.07) is 6.54. The Labute approximate surface area is 107 Å². The number of aliphatic hydroxyl groups excluding tert-OH is 1. The molecule has 0 amide bonds. The largest absolute Gasteiger partial charge is 0.379 e. The fraction of sp³-hybridized carbons (Fsp3) is 0.500. The van der Waals surface area contributed by atoms with Crippen molar-refractivity contribution in [1.82, 2.24) is 5.32 Å². The average molecular weight is 271 g/mol. The summed E-state index contributed by atoms with van der Waals surface area (Å²) in [5.41, 5.74) is 1.56. The van der Waals surface area contributed by atoms with Crippen molar-refractivity contribution in [1.29, 1.82) is 0 Å². The SMILES string of the molecule is Cc1ccc([C@H]([C@H]2CC[C@@H](O)N2)S(=O)(=O)O)cc1. The molecule has 1 aromatic rings. The number of aryl methyl sites for hydroxylation is 1. The van der Waals surface area contributed by atoms with Crippen LogP contribution < -0.4 is 5.32 Å². The van der Waals surface area contributed by atoms with Crippen LogP contribution in [0.3, 0.4) is 0 Å². The summed E-state index contributed by atoms with van der Waals surface area (Å²) < 4.78 is 32.5. The van der Waals surface area contributed by atoms with E-state index in [2.05, 4.69) is 5.32 Å². The van der Waals surface area contributed by atoms with Crippen molar-refractivity contribution < 1.29 is 18.1 Å². The van der Waals surface area contributed by atoms with Gasteiger partial charge in [0, 0.05) is 6.04 Å². The van der Waals surface area contributed by atoms with Gasteiger partial charge < -0.3 is 5.11 Å². The Balaban J connectivity index is 2.34. The van der Waals surface area contributed by atoms with Gasteiger partial charge in [-0.2, -0.15) is 8.42 Å². The Morgan fingerprint density at radius 2 is 1.89 bits per heavy atom. The van der Waals surface area contributed by atoms with Gasteiger partial charge in [-0.25, -0.2) is 0 Å². The molecular weight excluding hydrogens is 254 g/mol. The molecule has 0 spiro atoms. The van der Waals surface area contributed by atoms with E-state index >= 15 is 0 Å². The smallest absolute Gasteiger partial charge is 0.273 e. The van der Waals surface area contributed by atoms with Crippen LogP contribution in [0.25, 0.3) is 0 Å². The molecule has 5 nitrogen and oxygen atoms in total. The van der Waals surface area contributed by atoms with Crippen LogP contribution >= 0.6 is 0 Å². The monoisotopic (exact) mass is 271 g/mol. The first-order valence-electron chi connectivity index (χ1n) is 5.85. The van der Waals surface area contributed by atoms with Crippen LogP contribution in [-0.4, -0.2) is 30.3 Å². The first-order chi connectivity index (χ1) is 8.38. The molecule has 1 fully saturated rings. The maximum Gasteiger partial charge on any atom is 0.273 e. The summed E-state index contributed by atoms with van der Waals surface area (Å²) in [5.74, 6) is 0. The van der Waals surface area contributed by atoms with E-state index in [0.29, 0.717) is 18.4 Å². The molecule has 6 heteroatoms. The lowest BCUT2D eigenvalue weighted by Crippen LogP contribution is -2.37. The molecule has 1 heterocycles. The zero-order valence-electron chi connectivity index (χ0n) is 10.1. The number of aliphatic hydroxyl groups is 1. The molecule has 1 saturated heterocycles. The molecule has 18 heavy (non-hydrogen) atoms. The van der Waals surface area contributed by atoms with Crippen molar-refractivity contribution in [2.24, 2.45) is 0 Å². The quantitative estimate of drug-likeness (QED) is 0.714. The van der Waals surface area contributed by atoms with Gasteiger partial charge in [0.15, 0.2) is 0 Å². The minimum Gasteiger partial charge on any atom is -0.379 e. The molecule has 1 aliphatic heterocycles. The second kappa shape index (κ2) is 4.97. The zero-order valence-corrected chi connectivity index (χ0v) is 10.9. The summed E-state index contributed by atoms with van der Waals surface area (Å²) >= 11 is 0. The predicted molar refractivity (Wildman–Crippen MR) is 67.6 cm³/mol. The third-order valence-corrected chi connectivity index (χ3v) is 4.49. The van der Waals surface area contributed by atoms with Crippen LogP contribution in [0.1, 0.15) is 29.2 Å². The molecule has 3 atom stereocenters. The van der Waals surface area contributed by atoms with Gasteiger partial charge in [-0.15, -0.1) is 0 Å². The number of hydrogen-bond donors (Lipinski definition) is 3. The van der Waals surface area contributed by atoms with E-state index in [9.17, 15) is 18.1 Å². The lowest BCUT2D eigenvalue weighted by molar-refractivity contribution is 0.154. The first kappa shape index (κ1) is 13.5. The van der Waals surface area contributed by atoms with E-state index in [1.165, 1.54) is 0 Å². The fourth-order valence-corrected chi connectivity index (χ4v) is 3.49. The predicted octanol–water partition coefficient (Wildman–Crippen LogP) is 0.994. The Kier molecular flexibility index (Phi) is 3.72. The Morgan fingerprint density at radius 3 is 2.33 bits per heavy atom. The van der Waals surface area contributed by atoms with Gasteiger partial charge in [0.2, 0.25) is 0 Å². The summed E-state index contributed by atoms with van der Waals surface area (Å²) in [5, 5.41) is 11.2. The van der Waals surface area contributed by atoms with Crippen LogP contribution in [0.15, 0.2) is 24.3 Å². The Morgan fingerprint density at radius 1 is 1.28 bits per heavy atom. The van der Waals surface area contributed by atoms with Crippen LogP contribution in [0.4, 0.5) is 0 Å². The maximum atomic E-state index is 11.5. The topological polar surface area (TPSA) is 86.6 Å². The third-order valence-electron chi connectivity index (χ3n) is 3.25. The molecule has 0 radical (unpaired) electrons. The minimum atomic E-state index is -4.21. The van der Waals surface area contributed by atoms with Crippen molar-refractivity contribution in [3.63, 3.8) is 0 Å². The number of rotatable bonds is 3. The number of benzene rings is 1. The number of hydrogen-bond acceptors (Lipinski definition) is 4. The van der Waals surface area contributed by atoms with Gasteiger partial charge in [-0.1, -0.05) is 29.8 Å². The Bertz CT molecular complexity index is 511. The molecule has 2 rings (SSSR count). The maximum absolute atomic E-state index is 11.5. The molecule has 0 bridgehead atoms. The highest BCUT2D eigenvalue weighted by atomic mass is 32.2. The van der Waals surface area contributed by atoms with Crippen LogP contribution in [0.5, 0.6) is 0 Å². The van der Waals surface area contributed by atoms with E-state index in [-0.39, 0.29) is 0 Å². The lowest BCUT2D eigenvalue weighted by Gasteiger charge is -2.21. The van der Waals surface area contributed by atoms with Crippen molar-refractivity contribution in [3.8, 4) is 0 Å². The van der Waals surface area contributed by atoms with Gasteiger partial charge in [-0.3, -0.25) is 9.87 Å². The standard InChI is InChI=1S/C12H17NO4S/c1-8-2-4-9(5-3-8)12(18(15,16)17)10-6-7-11(14)13-10/h2-5,10-14H,6-7H2,1H3,(H,15,16,17)/t10-,11-,12-/m1/s1. The molecule has 3 N–H and O–H groups in total. The summed E-state index contributed by atoms with van der Waals surface area (Å²) in [7, 11) is -4.21. The normalized spacial score (nSPS) is 26.2. The molecule has 1 aromatic carbocycles. The van der Waals surface area contributed by atoms with Crippen LogP contribution in [0.2, 0.25) is 0 Å². The molecule has 100 valence electrons. The second-order valence-corrected chi connectivity index (χ2v) is 6.25. The average Bonchev–Trinajstić information content (AvgIpc) is 2.66. The molecule has 0 unspecified atom stereocenters. The van der Waals surface area contributed by atoms with Crippen molar-refractivity contribution >= 4 is 10.1 Å². The second-order valence-electron chi connectivity index (χ2n) is 4.71. The van der Waals surface area contributed by atoms with E-state index in [0.717, 1.165) is 5.56 Å². The highest BCUT2D eigenvalue weighted by Crippen LogP contribution is 2.31. The first-order valence-corrected chi connectivity index (χ1v) is 7.35. The van der Waals surface area contributed by atoms with Crippen molar-refractivity contribution in [3.05, 3.63) is 35.4 Å². The lowest BCUT2D eigenvalue weighted by atomic mass is 10.0. The van der Waals surface area contributed by atoms with Gasteiger partial charge in [0.1, 0.15) is 11.5 Å². The summed E-state index contributed by atoms with van der Waals surface area (Å²) in [6.07, 6.45) is 0.298. The fourth-order valence-electron chi connectivity index (χ4n) is 2.36. The number of nitrogens with one attached hydrogen (secondary N) is 1. The highest BCUT2D eigenvalue weighted by Gasteiger charge is 2.37. The molecule has 0 aliphatic carbocycles. The highest BCUT2D eigenvalue weighted by molar-refractivity contribution is 7.86. The van der Waals surface area contributed by atoms with Gasteiger partial charge in [0.05, 0.1) is 0 Å². The summed E-state index contributed by atoms with van der Waals surface area (Å²) in [4.78, 5) is 0. The van der Waals surface area contributed by atoms with E-state index < -0.39 is 27.6 Å². The van der Waals surface area contributed by atoms with E-state index in [1.807, 2.05) is 6.92 Å². The molecule has 0 saturated carbocycles. The summed E-state index contributed by atoms with van der Waals surface area (Å²) in [6.45, 7) is 1.91. The van der Waals surface area contributed by atoms with Gasteiger partial charge in [0.25, 0.3) is 10.1 Å². The Hall–Kier alpha value is -0.950. The van der Waals surface area contributed by atoms with Gasteiger partial charge >= 0.3 is 0 Å².